The number of aliphatic imine (C=N–C) groups is 2. The highest BCUT2D eigenvalue weighted by molar-refractivity contribution is 7.23. The smallest absolute Gasteiger partial charge is 0.157 e. The molecule has 246 valence electrons. The number of nitrogens with zero attached hydrogens (tertiary/aromatic N) is 5. The highest BCUT2D eigenvalue weighted by Crippen LogP contribution is 2.51. The van der Waals surface area contributed by atoms with E-state index >= 15 is 4.39 Å². The standard InChI is InChI=1S/C36H41F2N7OS/c1-20-7-10-44(14-20)17-36(8-9-36)18-46-19-42-35(45-15-22-11-23(16-45)43-22)26-12-25(21-3-4-21)29(31(38)32(26)41-2)24-5-6-28(37)33-30(24)27(13-39)34(40)47-33/h5-6,12,20-23,43H,2-4,7-11,14-19,40H2,1H3/b42-35+. The van der Waals surface area contributed by atoms with Gasteiger partial charge < -0.3 is 25.6 Å². The van der Waals surface area contributed by atoms with Gasteiger partial charge in [-0.2, -0.15) is 5.26 Å². The van der Waals surface area contributed by atoms with E-state index in [9.17, 15) is 9.65 Å². The topological polar surface area (TPSA) is 102 Å². The third-order valence-electron chi connectivity index (χ3n) is 10.8. The van der Waals surface area contributed by atoms with Gasteiger partial charge in [-0.1, -0.05) is 13.0 Å². The molecule has 5 heterocycles. The molecule has 8 nitrogen and oxygen atoms in total. The van der Waals surface area contributed by atoms with Gasteiger partial charge in [0.25, 0.3) is 0 Å². The van der Waals surface area contributed by atoms with Crippen LogP contribution in [0.2, 0.25) is 0 Å². The van der Waals surface area contributed by atoms with Crippen molar-refractivity contribution in [3.63, 3.8) is 0 Å². The third kappa shape index (κ3) is 5.63. The first-order valence-corrected chi connectivity index (χ1v) is 17.7. The minimum Gasteiger partial charge on any atom is -0.389 e. The number of hydrogen-bond donors (Lipinski definition) is 2. The lowest BCUT2D eigenvalue weighted by Gasteiger charge is -2.49. The Morgan fingerprint density at radius 1 is 1.21 bits per heavy atom. The van der Waals surface area contributed by atoms with Crippen molar-refractivity contribution in [2.45, 2.75) is 63.5 Å². The molecule has 1 aromatic heterocycles. The maximum atomic E-state index is 17.1. The highest BCUT2D eigenvalue weighted by Gasteiger charge is 2.45. The van der Waals surface area contributed by atoms with E-state index in [0.717, 1.165) is 61.7 Å². The predicted molar refractivity (Wildman–Crippen MR) is 184 cm³/mol. The Morgan fingerprint density at radius 2 is 1.98 bits per heavy atom. The quantitative estimate of drug-likeness (QED) is 0.149. The number of anilines is 1. The normalized spacial score (nSPS) is 25.2. The van der Waals surface area contributed by atoms with E-state index in [0.29, 0.717) is 46.6 Å². The molecule has 47 heavy (non-hydrogen) atoms. The lowest BCUT2D eigenvalue weighted by atomic mass is 9.88. The number of rotatable bonds is 10. The molecule has 2 aliphatic carbocycles. The molecule has 4 aliphatic heterocycles. The fraction of sp³-hybridized carbons (Fsp3) is 0.528. The van der Waals surface area contributed by atoms with E-state index < -0.39 is 11.6 Å². The van der Waals surface area contributed by atoms with Crippen LogP contribution in [0.4, 0.5) is 19.5 Å². The number of benzene rings is 2. The van der Waals surface area contributed by atoms with Crippen LogP contribution >= 0.6 is 11.3 Å². The van der Waals surface area contributed by atoms with Crippen LogP contribution < -0.4 is 11.1 Å². The van der Waals surface area contributed by atoms with Gasteiger partial charge in [-0.25, -0.2) is 13.8 Å². The molecular weight excluding hydrogens is 617 g/mol. The number of nitrogens with two attached hydrogens (primary N) is 1. The Kier molecular flexibility index (Phi) is 7.83. The van der Waals surface area contributed by atoms with Crippen molar-refractivity contribution in [1.29, 1.82) is 5.26 Å². The Morgan fingerprint density at radius 3 is 2.62 bits per heavy atom. The van der Waals surface area contributed by atoms with Crippen molar-refractivity contribution in [2.24, 2.45) is 21.3 Å². The van der Waals surface area contributed by atoms with Gasteiger partial charge in [-0.05, 0) is 86.9 Å². The van der Waals surface area contributed by atoms with Crippen LogP contribution in [0, 0.1) is 34.3 Å². The molecule has 0 spiro atoms. The maximum Gasteiger partial charge on any atom is 0.157 e. The monoisotopic (exact) mass is 657 g/mol. The number of likely N-dealkylation sites (tertiary alicyclic amines) is 1. The Balaban J connectivity index is 1.17. The van der Waals surface area contributed by atoms with Crippen molar-refractivity contribution in [3.05, 3.63) is 46.5 Å². The van der Waals surface area contributed by atoms with E-state index in [2.05, 4.69) is 39.8 Å². The lowest BCUT2D eigenvalue weighted by Crippen LogP contribution is -2.67. The molecule has 2 aromatic carbocycles. The average Bonchev–Trinajstić information content (AvgIpc) is 3.96. The zero-order chi connectivity index (χ0) is 32.4. The van der Waals surface area contributed by atoms with E-state index in [1.807, 2.05) is 6.07 Å². The Labute approximate surface area is 278 Å². The number of nitrogens with one attached hydrogen (secondary N) is 1. The fourth-order valence-electron chi connectivity index (χ4n) is 8.06. The first-order chi connectivity index (χ1) is 22.8. The van der Waals surface area contributed by atoms with Gasteiger partial charge in [-0.15, -0.1) is 11.3 Å². The number of thiophene rings is 1. The number of nitrogen functional groups attached to an aromatic ring is 1. The SMILES string of the molecule is C=Nc1c(/C(=N\COCC2(CN3CCC(C)C3)CC2)N2CC3CC(C2)N3)cc(C2CC2)c(-c2ccc(F)c3sc(N)c(C#N)c23)c1F. The molecule has 2 saturated carbocycles. The highest BCUT2D eigenvalue weighted by atomic mass is 32.1. The van der Waals surface area contributed by atoms with Gasteiger partial charge in [-0.3, -0.25) is 4.99 Å². The second-order valence-corrected chi connectivity index (χ2v) is 15.6. The molecule has 2 bridgehead atoms. The van der Waals surface area contributed by atoms with Crippen molar-refractivity contribution in [1.82, 2.24) is 15.1 Å². The van der Waals surface area contributed by atoms with E-state index in [1.165, 1.54) is 38.4 Å². The Bertz CT molecular complexity index is 1810. The second-order valence-electron chi connectivity index (χ2n) is 14.5. The molecule has 9 rings (SSSR count). The number of ether oxygens (including phenoxy) is 1. The molecule has 3 atom stereocenters. The summed E-state index contributed by atoms with van der Waals surface area (Å²) in [4.78, 5) is 14.1. The largest absolute Gasteiger partial charge is 0.389 e. The van der Waals surface area contributed by atoms with Crippen LogP contribution in [-0.2, 0) is 4.74 Å². The van der Waals surface area contributed by atoms with Crippen LogP contribution in [0.5, 0.6) is 0 Å². The number of piperazine rings is 1. The van der Waals surface area contributed by atoms with Crippen LogP contribution in [0.25, 0.3) is 21.2 Å². The predicted octanol–water partition coefficient (Wildman–Crippen LogP) is 6.40. The van der Waals surface area contributed by atoms with Crippen molar-refractivity contribution in [2.75, 3.05) is 51.8 Å². The van der Waals surface area contributed by atoms with Gasteiger partial charge in [0.2, 0.25) is 0 Å². The summed E-state index contributed by atoms with van der Waals surface area (Å²) in [5, 5.41) is 14.1. The van der Waals surface area contributed by atoms with Crippen LogP contribution in [0.1, 0.15) is 68.1 Å². The fourth-order valence-corrected chi connectivity index (χ4v) is 9.01. The average molecular weight is 658 g/mol. The van der Waals surface area contributed by atoms with Crippen LogP contribution in [0.3, 0.4) is 0 Å². The van der Waals surface area contributed by atoms with Crippen molar-refractivity contribution < 1.29 is 13.5 Å². The first kappa shape index (κ1) is 30.9. The van der Waals surface area contributed by atoms with E-state index in [-0.39, 0.29) is 39.0 Å². The molecule has 3 N–H and O–H groups in total. The molecule has 6 fully saturated rings. The first-order valence-electron chi connectivity index (χ1n) is 16.9. The summed E-state index contributed by atoms with van der Waals surface area (Å²) < 4.78 is 38.6. The van der Waals surface area contributed by atoms with Gasteiger partial charge in [0.1, 0.15) is 35.1 Å². The molecule has 0 radical (unpaired) electrons. The molecule has 4 saturated heterocycles. The zero-order valence-corrected chi connectivity index (χ0v) is 27.6. The van der Waals surface area contributed by atoms with Gasteiger partial charge in [0.15, 0.2) is 5.82 Å². The molecule has 6 aliphatic rings. The number of hydrogen-bond acceptors (Lipinski definition) is 8. The van der Waals surface area contributed by atoms with E-state index in [1.54, 1.807) is 6.07 Å². The van der Waals surface area contributed by atoms with Crippen molar-refractivity contribution in [3.8, 4) is 17.2 Å². The summed E-state index contributed by atoms with van der Waals surface area (Å²) in [5.41, 5.74) is 8.85. The van der Waals surface area contributed by atoms with Gasteiger partial charge in [0, 0.05) is 60.2 Å². The number of amidine groups is 1. The Hall–Kier alpha value is -3.43. The summed E-state index contributed by atoms with van der Waals surface area (Å²) in [6.45, 7) is 11.9. The van der Waals surface area contributed by atoms with Gasteiger partial charge >= 0.3 is 0 Å². The summed E-state index contributed by atoms with van der Waals surface area (Å²) in [6, 6.07) is 7.76. The van der Waals surface area contributed by atoms with E-state index in [4.69, 9.17) is 15.5 Å². The molecule has 3 aromatic rings. The molecule has 0 amide bonds. The number of nitriles is 1. The zero-order valence-electron chi connectivity index (χ0n) is 26.8. The maximum absolute atomic E-state index is 17.1. The molecular formula is C36H41F2N7OS. The number of piperidine rings is 1. The minimum absolute atomic E-state index is 0.108. The number of halogens is 2. The summed E-state index contributed by atoms with van der Waals surface area (Å²) in [6.07, 6.45) is 6.58. The van der Waals surface area contributed by atoms with Crippen LogP contribution in [0.15, 0.2) is 28.2 Å². The van der Waals surface area contributed by atoms with Crippen molar-refractivity contribution >= 4 is 44.7 Å². The third-order valence-corrected chi connectivity index (χ3v) is 11.9. The summed E-state index contributed by atoms with van der Waals surface area (Å²) in [7, 11) is 0. The summed E-state index contributed by atoms with van der Waals surface area (Å²) in [5.74, 6) is 0.553. The number of fused-ring (bicyclic) bond motifs is 3. The van der Waals surface area contributed by atoms with Gasteiger partial charge in [0.05, 0.1) is 16.9 Å². The second kappa shape index (κ2) is 11.9. The minimum atomic E-state index is -0.536. The van der Waals surface area contributed by atoms with Crippen LogP contribution in [-0.4, -0.2) is 80.5 Å². The molecule has 3 unspecified atom stereocenters. The summed E-state index contributed by atoms with van der Waals surface area (Å²) >= 11 is 1.02. The lowest BCUT2D eigenvalue weighted by molar-refractivity contribution is 0.0775. The molecule has 11 heteroatoms.